The summed E-state index contributed by atoms with van der Waals surface area (Å²) in [4.78, 5) is 12.3. The molecule has 20 heavy (non-hydrogen) atoms. The zero-order valence-electron chi connectivity index (χ0n) is 13.2. The quantitative estimate of drug-likeness (QED) is 0.783. The number of allylic oxidation sites excluding steroid dienone is 3. The van der Waals surface area contributed by atoms with Gasteiger partial charge in [-0.3, -0.25) is 4.79 Å². The molecule has 1 heterocycles. The fourth-order valence-corrected chi connectivity index (χ4v) is 2.48. The van der Waals surface area contributed by atoms with Gasteiger partial charge in [-0.25, -0.2) is 0 Å². The standard InChI is InChI=1S/C16H19NO.C2H6/c1-4-6-9-12(5-2)16(3)13-10-7-8-11-14(13)17-15(16)18;1-2/h5-11H,4H2,1-3H3,(H,17,18);1-2H3/b9-6-,12-5+;. The maximum atomic E-state index is 12.3. The number of para-hydroxylation sites is 1. The third kappa shape index (κ3) is 2.69. The lowest BCUT2D eigenvalue weighted by Crippen LogP contribution is -2.32. The molecule has 0 fully saturated rings. The van der Waals surface area contributed by atoms with Crippen molar-refractivity contribution in [2.75, 3.05) is 5.32 Å². The van der Waals surface area contributed by atoms with Gasteiger partial charge in [0.15, 0.2) is 0 Å². The Bertz CT molecular complexity index is 528. The molecule has 0 bridgehead atoms. The molecule has 2 heteroatoms. The highest BCUT2D eigenvalue weighted by atomic mass is 16.2. The van der Waals surface area contributed by atoms with Crippen molar-refractivity contribution < 1.29 is 4.79 Å². The van der Waals surface area contributed by atoms with Crippen molar-refractivity contribution in [1.29, 1.82) is 0 Å². The summed E-state index contributed by atoms with van der Waals surface area (Å²) in [7, 11) is 0. The van der Waals surface area contributed by atoms with E-state index in [2.05, 4.69) is 24.4 Å². The average molecular weight is 271 g/mol. The molecule has 1 amide bonds. The van der Waals surface area contributed by atoms with Crippen molar-refractivity contribution in [2.45, 2.75) is 46.5 Å². The highest BCUT2D eigenvalue weighted by Gasteiger charge is 2.44. The van der Waals surface area contributed by atoms with Gasteiger partial charge in [0.1, 0.15) is 0 Å². The zero-order chi connectivity index (χ0) is 15.2. The zero-order valence-corrected chi connectivity index (χ0v) is 13.2. The minimum Gasteiger partial charge on any atom is -0.325 e. The van der Waals surface area contributed by atoms with Gasteiger partial charge in [0.2, 0.25) is 5.91 Å². The number of hydrogen-bond acceptors (Lipinski definition) is 1. The second-order valence-electron chi connectivity index (χ2n) is 4.68. The molecule has 1 aromatic rings. The van der Waals surface area contributed by atoms with Gasteiger partial charge in [-0.05, 0) is 37.5 Å². The molecule has 1 aliphatic rings. The highest BCUT2D eigenvalue weighted by Crippen LogP contribution is 2.42. The van der Waals surface area contributed by atoms with Gasteiger partial charge in [-0.1, -0.05) is 57.2 Å². The summed E-state index contributed by atoms with van der Waals surface area (Å²) >= 11 is 0. The highest BCUT2D eigenvalue weighted by molar-refractivity contribution is 6.08. The van der Waals surface area contributed by atoms with Crippen molar-refractivity contribution >= 4 is 11.6 Å². The number of carbonyl (C=O) groups is 1. The summed E-state index contributed by atoms with van der Waals surface area (Å²) in [6.07, 6.45) is 7.14. The summed E-state index contributed by atoms with van der Waals surface area (Å²) in [5.41, 5.74) is 2.46. The van der Waals surface area contributed by atoms with Gasteiger partial charge in [0.05, 0.1) is 5.41 Å². The van der Waals surface area contributed by atoms with Gasteiger partial charge in [0.25, 0.3) is 0 Å². The van der Waals surface area contributed by atoms with E-state index in [1.54, 1.807) is 0 Å². The first-order chi connectivity index (χ1) is 9.64. The molecule has 0 saturated heterocycles. The number of fused-ring (bicyclic) bond motifs is 1. The van der Waals surface area contributed by atoms with Crippen molar-refractivity contribution in [1.82, 2.24) is 0 Å². The minimum atomic E-state index is -0.572. The molecule has 1 atom stereocenters. The lowest BCUT2D eigenvalue weighted by atomic mass is 9.76. The molecule has 1 unspecified atom stereocenters. The Kier molecular flexibility index (Phi) is 5.75. The molecule has 0 radical (unpaired) electrons. The van der Waals surface area contributed by atoms with E-state index in [0.717, 1.165) is 23.2 Å². The summed E-state index contributed by atoms with van der Waals surface area (Å²) in [6.45, 7) is 10.1. The van der Waals surface area contributed by atoms with Crippen LogP contribution in [0.25, 0.3) is 0 Å². The van der Waals surface area contributed by atoms with Gasteiger partial charge >= 0.3 is 0 Å². The molecule has 1 aromatic carbocycles. The first-order valence-corrected chi connectivity index (χ1v) is 7.38. The van der Waals surface area contributed by atoms with Crippen LogP contribution in [0, 0.1) is 0 Å². The number of hydrogen-bond donors (Lipinski definition) is 1. The summed E-state index contributed by atoms with van der Waals surface area (Å²) in [5, 5.41) is 2.97. The van der Waals surface area contributed by atoms with E-state index in [9.17, 15) is 4.79 Å². The molecule has 0 saturated carbocycles. The Hall–Kier alpha value is -1.83. The Morgan fingerprint density at radius 2 is 1.95 bits per heavy atom. The molecule has 108 valence electrons. The maximum absolute atomic E-state index is 12.3. The molecular formula is C18H25NO. The van der Waals surface area contributed by atoms with Crippen molar-refractivity contribution in [2.24, 2.45) is 0 Å². The maximum Gasteiger partial charge on any atom is 0.239 e. The summed E-state index contributed by atoms with van der Waals surface area (Å²) in [5.74, 6) is 0.0533. The third-order valence-corrected chi connectivity index (χ3v) is 3.59. The molecular weight excluding hydrogens is 246 g/mol. The van der Waals surface area contributed by atoms with Crippen molar-refractivity contribution in [3.8, 4) is 0 Å². The molecule has 2 nitrogen and oxygen atoms in total. The molecule has 2 rings (SSSR count). The van der Waals surface area contributed by atoms with E-state index in [-0.39, 0.29) is 5.91 Å². The van der Waals surface area contributed by atoms with E-state index in [1.807, 2.05) is 58.0 Å². The van der Waals surface area contributed by atoms with E-state index >= 15 is 0 Å². The lowest BCUT2D eigenvalue weighted by Gasteiger charge is -2.24. The van der Waals surface area contributed by atoms with Crippen LogP contribution in [-0.2, 0) is 10.2 Å². The minimum absolute atomic E-state index is 0.0533. The monoisotopic (exact) mass is 271 g/mol. The van der Waals surface area contributed by atoms with Crippen LogP contribution in [0.4, 0.5) is 5.69 Å². The number of benzene rings is 1. The first kappa shape index (κ1) is 16.2. The Morgan fingerprint density at radius 3 is 2.55 bits per heavy atom. The SMILES string of the molecule is C/C=C(\C=C/CC)C1(C)C(=O)Nc2ccccc21.CC. The number of anilines is 1. The predicted octanol–water partition coefficient (Wildman–Crippen LogP) is 4.84. The number of rotatable bonds is 3. The smallest absolute Gasteiger partial charge is 0.239 e. The van der Waals surface area contributed by atoms with E-state index in [0.29, 0.717) is 0 Å². The predicted molar refractivity (Wildman–Crippen MR) is 87.0 cm³/mol. The average Bonchev–Trinajstić information content (AvgIpc) is 2.75. The Labute approximate surface area is 122 Å². The topological polar surface area (TPSA) is 29.1 Å². The normalized spacial score (nSPS) is 21.2. The number of amides is 1. The van der Waals surface area contributed by atoms with Crippen LogP contribution in [0.1, 0.15) is 46.6 Å². The van der Waals surface area contributed by atoms with E-state index in [1.165, 1.54) is 0 Å². The van der Waals surface area contributed by atoms with E-state index < -0.39 is 5.41 Å². The fraction of sp³-hybridized carbons (Fsp3) is 0.389. The van der Waals surface area contributed by atoms with Gasteiger partial charge < -0.3 is 5.32 Å². The third-order valence-electron chi connectivity index (χ3n) is 3.59. The van der Waals surface area contributed by atoms with Crippen molar-refractivity contribution in [3.05, 3.63) is 53.6 Å². The molecule has 0 aromatic heterocycles. The van der Waals surface area contributed by atoms with Crippen LogP contribution in [0.5, 0.6) is 0 Å². The van der Waals surface area contributed by atoms with Gasteiger partial charge in [0, 0.05) is 5.69 Å². The number of nitrogens with one attached hydrogen (secondary N) is 1. The van der Waals surface area contributed by atoms with E-state index in [4.69, 9.17) is 0 Å². The Balaban J connectivity index is 0.000000956. The summed E-state index contributed by atoms with van der Waals surface area (Å²) in [6, 6.07) is 7.90. The number of carbonyl (C=O) groups excluding carboxylic acids is 1. The van der Waals surface area contributed by atoms with Crippen LogP contribution in [0.3, 0.4) is 0 Å². The molecule has 1 aliphatic heterocycles. The van der Waals surface area contributed by atoms with Gasteiger partial charge in [-0.15, -0.1) is 0 Å². The van der Waals surface area contributed by atoms with Crippen LogP contribution in [0.15, 0.2) is 48.1 Å². The largest absolute Gasteiger partial charge is 0.325 e. The lowest BCUT2D eigenvalue weighted by molar-refractivity contribution is -0.119. The Morgan fingerprint density at radius 1 is 1.30 bits per heavy atom. The van der Waals surface area contributed by atoms with Crippen LogP contribution in [0.2, 0.25) is 0 Å². The molecule has 1 N–H and O–H groups in total. The first-order valence-electron chi connectivity index (χ1n) is 7.38. The second kappa shape index (κ2) is 7.09. The van der Waals surface area contributed by atoms with Gasteiger partial charge in [-0.2, -0.15) is 0 Å². The summed E-state index contributed by atoms with van der Waals surface area (Å²) < 4.78 is 0. The second-order valence-corrected chi connectivity index (χ2v) is 4.68. The van der Waals surface area contributed by atoms with Crippen molar-refractivity contribution in [3.63, 3.8) is 0 Å². The molecule has 0 aliphatic carbocycles. The van der Waals surface area contributed by atoms with Crippen LogP contribution < -0.4 is 5.32 Å². The van der Waals surface area contributed by atoms with Crippen LogP contribution in [-0.4, -0.2) is 5.91 Å². The van der Waals surface area contributed by atoms with Crippen LogP contribution >= 0.6 is 0 Å². The fourth-order valence-electron chi connectivity index (χ4n) is 2.48. The molecule has 0 spiro atoms.